The Bertz CT molecular complexity index is 912. The van der Waals surface area contributed by atoms with Crippen LogP contribution in [-0.2, 0) is 25.5 Å². The largest absolute Gasteiger partial charge is 0.469 e. The molecule has 1 aliphatic carbocycles. The lowest BCUT2D eigenvalue weighted by atomic mass is 9.70. The Labute approximate surface area is 212 Å². The van der Waals surface area contributed by atoms with Crippen LogP contribution in [0.1, 0.15) is 119 Å². The first kappa shape index (κ1) is 30.7. The number of benzene rings is 1. The van der Waals surface area contributed by atoms with Gasteiger partial charge in [0.25, 0.3) is 0 Å². The lowest BCUT2D eigenvalue weighted by molar-refractivity contribution is -0.138. The minimum atomic E-state index is -0.245. The van der Waals surface area contributed by atoms with Crippen LogP contribution >= 0.6 is 0 Å². The molecule has 0 aromatic heterocycles. The lowest BCUT2D eigenvalue weighted by Crippen LogP contribution is -2.30. The number of rotatable bonds is 10. The Kier molecular flexibility index (Phi) is 12.6. The van der Waals surface area contributed by atoms with Gasteiger partial charge < -0.3 is 4.74 Å². The first-order valence-electron chi connectivity index (χ1n) is 13.1. The van der Waals surface area contributed by atoms with Gasteiger partial charge in [-0.05, 0) is 80.0 Å². The molecule has 3 unspecified atom stereocenters. The standard InChI is InChI=1S/C27H40O3.C3H6O2/c1-8-10-21(22(9-2)25(29)12-18(6)28)13-20-14-24-23(16(3)4)11-17(5)19(7)27(24)26(30)15-20;1-3(4)5-2/h11,16,20-22H,8-10,12-15H2,1-7H3;1-2H3. The van der Waals surface area contributed by atoms with Crippen LogP contribution in [-0.4, -0.2) is 30.4 Å². The highest BCUT2D eigenvalue weighted by molar-refractivity contribution is 6.01. The van der Waals surface area contributed by atoms with Crippen molar-refractivity contribution in [2.24, 2.45) is 17.8 Å². The second kappa shape index (κ2) is 14.3. The zero-order chi connectivity index (χ0) is 26.9. The van der Waals surface area contributed by atoms with Crippen molar-refractivity contribution < 1.29 is 23.9 Å². The number of Topliss-reactive ketones (excluding diaryl/α,β-unsaturated/α-hetero) is 3. The van der Waals surface area contributed by atoms with Gasteiger partial charge in [-0.3, -0.25) is 19.2 Å². The van der Waals surface area contributed by atoms with E-state index < -0.39 is 0 Å². The molecule has 1 aromatic carbocycles. The Hall–Kier alpha value is -2.30. The molecular weight excluding hydrogens is 440 g/mol. The summed E-state index contributed by atoms with van der Waals surface area (Å²) in [5, 5.41) is 0. The predicted molar refractivity (Wildman–Crippen MR) is 141 cm³/mol. The molecule has 0 heterocycles. The molecule has 5 heteroatoms. The van der Waals surface area contributed by atoms with Gasteiger partial charge in [-0.25, -0.2) is 0 Å². The van der Waals surface area contributed by atoms with Gasteiger partial charge in [-0.2, -0.15) is 0 Å². The van der Waals surface area contributed by atoms with E-state index in [-0.39, 0.29) is 47.5 Å². The predicted octanol–water partition coefficient (Wildman–Crippen LogP) is 6.73. The van der Waals surface area contributed by atoms with E-state index >= 15 is 0 Å². The fourth-order valence-electron chi connectivity index (χ4n) is 5.48. The van der Waals surface area contributed by atoms with E-state index in [2.05, 4.69) is 52.3 Å². The van der Waals surface area contributed by atoms with Crippen LogP contribution < -0.4 is 0 Å². The number of hydrogen-bond donors (Lipinski definition) is 0. The maximum atomic E-state index is 13.2. The maximum absolute atomic E-state index is 13.2. The van der Waals surface area contributed by atoms with Crippen molar-refractivity contribution in [3.63, 3.8) is 0 Å². The number of hydrogen-bond acceptors (Lipinski definition) is 5. The zero-order valence-electron chi connectivity index (χ0n) is 23.4. The fraction of sp³-hybridized carbons (Fsp3) is 0.667. The Morgan fingerprint density at radius 2 is 1.69 bits per heavy atom. The highest BCUT2D eigenvalue weighted by atomic mass is 16.5. The monoisotopic (exact) mass is 486 g/mol. The first-order chi connectivity index (χ1) is 16.4. The molecule has 0 saturated heterocycles. The molecule has 0 radical (unpaired) electrons. The second-order valence-corrected chi connectivity index (χ2v) is 10.5. The number of fused-ring (bicyclic) bond motifs is 1. The second-order valence-electron chi connectivity index (χ2n) is 10.5. The van der Waals surface area contributed by atoms with Crippen molar-refractivity contribution in [3.8, 4) is 0 Å². The third-order valence-electron chi connectivity index (χ3n) is 7.29. The number of methoxy groups -OCH3 is 1. The van der Waals surface area contributed by atoms with Crippen LogP contribution in [0, 0.1) is 31.6 Å². The number of ketones is 3. The topological polar surface area (TPSA) is 77.5 Å². The van der Waals surface area contributed by atoms with E-state index in [0.29, 0.717) is 12.3 Å². The summed E-state index contributed by atoms with van der Waals surface area (Å²) in [5.41, 5.74) is 5.84. The summed E-state index contributed by atoms with van der Waals surface area (Å²) in [6.07, 6.45) is 5.20. The van der Waals surface area contributed by atoms with Crippen molar-refractivity contribution in [1.82, 2.24) is 0 Å². The summed E-state index contributed by atoms with van der Waals surface area (Å²) in [5.74, 6) is 0.891. The fourth-order valence-corrected chi connectivity index (χ4v) is 5.48. The first-order valence-corrected chi connectivity index (χ1v) is 13.1. The van der Waals surface area contributed by atoms with Gasteiger partial charge >= 0.3 is 5.97 Å². The van der Waals surface area contributed by atoms with Crippen molar-refractivity contribution in [2.75, 3.05) is 7.11 Å². The van der Waals surface area contributed by atoms with Gasteiger partial charge in [0.2, 0.25) is 0 Å². The molecule has 5 nitrogen and oxygen atoms in total. The van der Waals surface area contributed by atoms with E-state index in [1.165, 1.54) is 37.6 Å². The Morgan fingerprint density at radius 3 is 2.14 bits per heavy atom. The summed E-state index contributed by atoms with van der Waals surface area (Å²) in [6, 6.07) is 2.27. The van der Waals surface area contributed by atoms with E-state index in [0.717, 1.165) is 43.2 Å². The number of carbonyl (C=O) groups is 4. The number of aryl methyl sites for hydroxylation is 1. The summed E-state index contributed by atoms with van der Waals surface area (Å²) in [4.78, 5) is 47.0. The van der Waals surface area contributed by atoms with Gasteiger partial charge in [0.05, 0.1) is 13.5 Å². The van der Waals surface area contributed by atoms with Crippen LogP contribution in [0.2, 0.25) is 0 Å². The van der Waals surface area contributed by atoms with Crippen molar-refractivity contribution in [3.05, 3.63) is 33.9 Å². The molecule has 0 bridgehead atoms. The van der Waals surface area contributed by atoms with Gasteiger partial charge in [0.15, 0.2) is 5.78 Å². The molecule has 0 amide bonds. The lowest BCUT2D eigenvalue weighted by Gasteiger charge is -2.33. The Morgan fingerprint density at radius 1 is 1.09 bits per heavy atom. The molecule has 196 valence electrons. The van der Waals surface area contributed by atoms with Gasteiger partial charge in [-0.1, -0.05) is 46.6 Å². The molecule has 1 aliphatic rings. The molecule has 0 saturated carbocycles. The van der Waals surface area contributed by atoms with E-state index in [9.17, 15) is 19.2 Å². The molecule has 2 rings (SSSR count). The maximum Gasteiger partial charge on any atom is 0.302 e. The highest BCUT2D eigenvalue weighted by Gasteiger charge is 2.34. The minimum Gasteiger partial charge on any atom is -0.469 e. The van der Waals surface area contributed by atoms with Crippen LogP contribution in [0.3, 0.4) is 0 Å². The van der Waals surface area contributed by atoms with Crippen LogP contribution in [0.5, 0.6) is 0 Å². The molecule has 1 aromatic rings. The third kappa shape index (κ3) is 8.70. The third-order valence-corrected chi connectivity index (χ3v) is 7.29. The van der Waals surface area contributed by atoms with Crippen molar-refractivity contribution in [2.45, 2.75) is 106 Å². The van der Waals surface area contributed by atoms with Crippen LogP contribution in [0.15, 0.2) is 6.07 Å². The molecule has 35 heavy (non-hydrogen) atoms. The van der Waals surface area contributed by atoms with Crippen molar-refractivity contribution >= 4 is 23.3 Å². The Balaban J connectivity index is 0.00000111. The summed E-state index contributed by atoms with van der Waals surface area (Å²) >= 11 is 0. The number of carbonyl (C=O) groups excluding carboxylic acids is 4. The average Bonchev–Trinajstić information content (AvgIpc) is 2.76. The zero-order valence-corrected chi connectivity index (χ0v) is 23.4. The molecule has 3 atom stereocenters. The van der Waals surface area contributed by atoms with Crippen LogP contribution in [0.4, 0.5) is 0 Å². The average molecular weight is 487 g/mol. The molecule has 0 fully saturated rings. The number of ether oxygens (including phenoxy) is 1. The normalized spacial score (nSPS) is 16.6. The van der Waals surface area contributed by atoms with Crippen molar-refractivity contribution in [1.29, 1.82) is 0 Å². The van der Waals surface area contributed by atoms with E-state index in [1.54, 1.807) is 0 Å². The van der Waals surface area contributed by atoms with Gasteiger partial charge in [0.1, 0.15) is 11.6 Å². The number of esters is 1. The molecule has 0 N–H and O–H groups in total. The van der Waals surface area contributed by atoms with Crippen LogP contribution in [0.25, 0.3) is 0 Å². The smallest absolute Gasteiger partial charge is 0.302 e. The molecule has 0 spiro atoms. The van der Waals surface area contributed by atoms with E-state index in [1.807, 2.05) is 0 Å². The highest BCUT2D eigenvalue weighted by Crippen LogP contribution is 2.39. The van der Waals surface area contributed by atoms with Gasteiger partial charge in [-0.15, -0.1) is 0 Å². The van der Waals surface area contributed by atoms with Gasteiger partial charge in [0, 0.05) is 24.8 Å². The summed E-state index contributed by atoms with van der Waals surface area (Å²) < 4.78 is 4.11. The summed E-state index contributed by atoms with van der Waals surface area (Å²) in [6.45, 7) is 15.6. The van der Waals surface area contributed by atoms with E-state index in [4.69, 9.17) is 0 Å². The molecular formula is C30H46O5. The molecule has 0 aliphatic heterocycles. The SMILES string of the molecule is CCCC(CC1CC(=O)c2c(C)c(C)cc(C(C)C)c2C1)C(CC)C(=O)CC(C)=O.COC(C)=O. The summed E-state index contributed by atoms with van der Waals surface area (Å²) in [7, 11) is 1.35. The minimum absolute atomic E-state index is 0.0428. The quantitative estimate of drug-likeness (QED) is 0.271.